The van der Waals surface area contributed by atoms with Crippen LogP contribution in [0.1, 0.15) is 20.7 Å². The maximum absolute atomic E-state index is 11.1. The first-order valence-corrected chi connectivity index (χ1v) is 3.69. The summed E-state index contributed by atoms with van der Waals surface area (Å²) in [6.07, 6.45) is 0.394. The van der Waals surface area contributed by atoms with E-state index in [2.05, 4.69) is 4.74 Å². The van der Waals surface area contributed by atoms with Crippen molar-refractivity contribution >= 4 is 12.3 Å². The Morgan fingerprint density at radius 2 is 1.93 bits per heavy atom. The van der Waals surface area contributed by atoms with Gasteiger partial charge >= 0.3 is 5.97 Å². The number of esters is 1. The number of carbonyl (C=O) groups excluding carboxylic acids is 2. The van der Waals surface area contributed by atoms with Gasteiger partial charge in [-0.2, -0.15) is 0 Å². The lowest BCUT2D eigenvalue weighted by molar-refractivity contribution is 0.0598. The Hall–Kier alpha value is -2.04. The average Bonchev–Trinajstić information content (AvgIpc) is 2.20. The molecule has 74 valence electrons. The number of benzene rings is 1. The van der Waals surface area contributed by atoms with E-state index in [0.29, 0.717) is 6.29 Å². The van der Waals surface area contributed by atoms with Crippen LogP contribution in [0.4, 0.5) is 0 Å². The Kier molecular flexibility index (Phi) is 2.71. The highest BCUT2D eigenvalue weighted by Crippen LogP contribution is 2.27. The highest BCUT2D eigenvalue weighted by molar-refractivity contribution is 5.99. The van der Waals surface area contributed by atoms with E-state index >= 15 is 0 Å². The lowest BCUT2D eigenvalue weighted by Gasteiger charge is -2.04. The van der Waals surface area contributed by atoms with Crippen LogP contribution in [-0.2, 0) is 4.74 Å². The maximum Gasteiger partial charge on any atom is 0.338 e. The molecule has 1 rings (SSSR count). The molecule has 5 heteroatoms. The highest BCUT2D eigenvalue weighted by Gasteiger charge is 2.14. The number of methoxy groups -OCH3 is 1. The highest BCUT2D eigenvalue weighted by atomic mass is 16.5. The fourth-order valence-corrected chi connectivity index (χ4v) is 0.977. The van der Waals surface area contributed by atoms with Crippen molar-refractivity contribution < 1.29 is 24.5 Å². The fourth-order valence-electron chi connectivity index (χ4n) is 0.977. The van der Waals surface area contributed by atoms with Gasteiger partial charge in [-0.15, -0.1) is 0 Å². The van der Waals surface area contributed by atoms with Crippen molar-refractivity contribution in [3.05, 3.63) is 23.3 Å². The summed E-state index contributed by atoms with van der Waals surface area (Å²) in [5.74, 6) is -1.68. The minimum Gasteiger partial charge on any atom is -0.504 e. The fraction of sp³-hybridized carbons (Fsp3) is 0.111. The number of aromatic hydroxyl groups is 2. The molecule has 5 nitrogen and oxygen atoms in total. The standard InChI is InChI=1S/C9H8O5/c1-14-9(13)6-3-8(12)7(11)2-5(6)4-10/h2-4,11-12H,1H3. The molecular weight excluding hydrogens is 188 g/mol. The molecule has 0 fully saturated rings. The summed E-state index contributed by atoms with van der Waals surface area (Å²) in [6.45, 7) is 0. The Balaban J connectivity index is 3.34. The Bertz CT molecular complexity index is 383. The predicted molar refractivity (Wildman–Crippen MR) is 46.5 cm³/mol. The van der Waals surface area contributed by atoms with E-state index in [1.54, 1.807) is 0 Å². The Labute approximate surface area is 79.6 Å². The van der Waals surface area contributed by atoms with Gasteiger partial charge in [0, 0.05) is 5.56 Å². The molecule has 2 N–H and O–H groups in total. The second-order valence-corrected chi connectivity index (χ2v) is 2.54. The molecule has 1 aromatic carbocycles. The number of ether oxygens (including phenoxy) is 1. The van der Waals surface area contributed by atoms with Gasteiger partial charge in [0.1, 0.15) is 0 Å². The average molecular weight is 196 g/mol. The normalized spacial score (nSPS) is 9.50. The predicted octanol–water partition coefficient (Wildman–Crippen LogP) is 0.697. The summed E-state index contributed by atoms with van der Waals surface area (Å²) >= 11 is 0. The van der Waals surface area contributed by atoms with Gasteiger partial charge in [0.15, 0.2) is 17.8 Å². The molecule has 0 amide bonds. The molecule has 0 unspecified atom stereocenters. The molecule has 0 aliphatic rings. The smallest absolute Gasteiger partial charge is 0.338 e. The summed E-state index contributed by atoms with van der Waals surface area (Å²) in [5, 5.41) is 18.1. The van der Waals surface area contributed by atoms with Crippen molar-refractivity contribution in [3.63, 3.8) is 0 Å². The van der Waals surface area contributed by atoms with Crippen LogP contribution in [-0.4, -0.2) is 29.6 Å². The first-order chi connectivity index (χ1) is 6.60. The lowest BCUT2D eigenvalue weighted by Crippen LogP contribution is -2.05. The molecule has 0 spiro atoms. The van der Waals surface area contributed by atoms with Gasteiger partial charge in [-0.25, -0.2) is 4.79 Å². The maximum atomic E-state index is 11.1. The second kappa shape index (κ2) is 3.78. The van der Waals surface area contributed by atoms with Crippen molar-refractivity contribution in [2.24, 2.45) is 0 Å². The van der Waals surface area contributed by atoms with E-state index in [1.165, 1.54) is 0 Å². The van der Waals surface area contributed by atoms with E-state index in [9.17, 15) is 9.59 Å². The molecule has 0 saturated carbocycles. The Morgan fingerprint density at radius 1 is 1.36 bits per heavy atom. The Morgan fingerprint density at radius 3 is 2.43 bits per heavy atom. The lowest BCUT2D eigenvalue weighted by atomic mass is 10.1. The second-order valence-electron chi connectivity index (χ2n) is 2.54. The van der Waals surface area contributed by atoms with Crippen molar-refractivity contribution in [1.29, 1.82) is 0 Å². The summed E-state index contributed by atoms with van der Waals surface area (Å²) in [4.78, 5) is 21.6. The number of phenols is 2. The van der Waals surface area contributed by atoms with Crippen molar-refractivity contribution in [1.82, 2.24) is 0 Å². The van der Waals surface area contributed by atoms with Crippen LogP contribution in [0.2, 0.25) is 0 Å². The first kappa shape index (κ1) is 10.0. The largest absolute Gasteiger partial charge is 0.504 e. The minimum absolute atomic E-state index is 0.0350. The van der Waals surface area contributed by atoms with E-state index < -0.39 is 17.5 Å². The summed E-state index contributed by atoms with van der Waals surface area (Å²) in [5.41, 5.74) is -0.120. The molecular formula is C9H8O5. The molecule has 0 bridgehead atoms. The van der Waals surface area contributed by atoms with Crippen molar-refractivity contribution in [2.75, 3.05) is 7.11 Å². The zero-order valence-electron chi connectivity index (χ0n) is 7.35. The van der Waals surface area contributed by atoms with Gasteiger partial charge < -0.3 is 14.9 Å². The van der Waals surface area contributed by atoms with E-state index in [1.807, 2.05) is 0 Å². The molecule has 14 heavy (non-hydrogen) atoms. The zero-order valence-corrected chi connectivity index (χ0v) is 7.35. The van der Waals surface area contributed by atoms with Gasteiger partial charge in [-0.05, 0) is 12.1 Å². The minimum atomic E-state index is -0.748. The topological polar surface area (TPSA) is 83.8 Å². The number of carbonyl (C=O) groups is 2. The van der Waals surface area contributed by atoms with Crippen LogP contribution >= 0.6 is 0 Å². The molecule has 0 saturated heterocycles. The van der Waals surface area contributed by atoms with Crippen molar-refractivity contribution in [2.45, 2.75) is 0 Å². The molecule has 0 radical (unpaired) electrons. The summed E-state index contributed by atoms with van der Waals surface area (Å²) in [6, 6.07) is 1.97. The van der Waals surface area contributed by atoms with Gasteiger partial charge in [0.2, 0.25) is 0 Å². The molecule has 0 aliphatic carbocycles. The molecule has 0 aliphatic heterocycles. The molecule has 1 aromatic rings. The number of hydrogen-bond donors (Lipinski definition) is 2. The molecule has 0 atom stereocenters. The SMILES string of the molecule is COC(=O)c1cc(O)c(O)cc1C=O. The van der Waals surface area contributed by atoms with Gasteiger partial charge in [0.25, 0.3) is 0 Å². The van der Waals surface area contributed by atoms with Crippen LogP contribution in [0.15, 0.2) is 12.1 Å². The van der Waals surface area contributed by atoms with E-state index in [-0.39, 0.29) is 11.1 Å². The van der Waals surface area contributed by atoms with Crippen LogP contribution in [0.3, 0.4) is 0 Å². The van der Waals surface area contributed by atoms with Gasteiger partial charge in [0.05, 0.1) is 12.7 Å². The third kappa shape index (κ3) is 1.66. The van der Waals surface area contributed by atoms with Crippen molar-refractivity contribution in [3.8, 4) is 11.5 Å². The number of hydrogen-bond acceptors (Lipinski definition) is 5. The van der Waals surface area contributed by atoms with E-state index in [0.717, 1.165) is 19.2 Å². The van der Waals surface area contributed by atoms with Gasteiger partial charge in [-0.1, -0.05) is 0 Å². The number of phenolic OH excluding ortho intramolecular Hbond substituents is 2. The summed E-state index contributed by atoms with van der Waals surface area (Å²) in [7, 11) is 1.15. The summed E-state index contributed by atoms with van der Waals surface area (Å²) < 4.78 is 4.38. The molecule has 0 aromatic heterocycles. The van der Waals surface area contributed by atoms with Crippen LogP contribution in [0.25, 0.3) is 0 Å². The quantitative estimate of drug-likeness (QED) is 0.413. The number of rotatable bonds is 2. The monoisotopic (exact) mass is 196 g/mol. The van der Waals surface area contributed by atoms with Gasteiger partial charge in [-0.3, -0.25) is 4.79 Å². The van der Waals surface area contributed by atoms with Crippen LogP contribution in [0, 0.1) is 0 Å². The van der Waals surface area contributed by atoms with Crippen LogP contribution in [0.5, 0.6) is 11.5 Å². The van der Waals surface area contributed by atoms with E-state index in [4.69, 9.17) is 10.2 Å². The first-order valence-electron chi connectivity index (χ1n) is 3.69. The number of aldehydes is 1. The third-order valence-electron chi connectivity index (χ3n) is 1.68. The third-order valence-corrected chi connectivity index (χ3v) is 1.68. The molecule has 0 heterocycles. The van der Waals surface area contributed by atoms with Crippen LogP contribution < -0.4 is 0 Å². The zero-order chi connectivity index (χ0) is 10.7.